The van der Waals surface area contributed by atoms with Gasteiger partial charge in [0.15, 0.2) is 29.2 Å². The van der Waals surface area contributed by atoms with Gasteiger partial charge in [-0.15, -0.1) is 0 Å². The fourth-order valence-corrected chi connectivity index (χ4v) is 7.99. The van der Waals surface area contributed by atoms with Gasteiger partial charge in [-0.25, -0.2) is 14.4 Å². The number of carbonyl (C=O) groups is 3. The Balaban J connectivity index is 1.17. The van der Waals surface area contributed by atoms with E-state index in [0.717, 1.165) is 5.56 Å². The lowest BCUT2D eigenvalue weighted by molar-refractivity contribution is -0.157. The Labute approximate surface area is 344 Å². The average Bonchev–Trinajstić information content (AvgIpc) is 3.89. The molecule has 0 unspecified atom stereocenters. The number of aryl methyl sites for hydroxylation is 1. The molecule has 0 spiro atoms. The molecule has 0 saturated carbocycles. The van der Waals surface area contributed by atoms with Gasteiger partial charge in [0.1, 0.15) is 24.9 Å². The number of alkyl carbamates (subject to hydrolysis) is 1. The lowest BCUT2D eigenvalue weighted by Crippen LogP contribution is -2.46. The third-order valence-electron chi connectivity index (χ3n) is 10.9. The molecule has 7 rings (SSSR count). The quantitative estimate of drug-likeness (QED) is 0.105. The van der Waals surface area contributed by atoms with Crippen LogP contribution in [0.25, 0.3) is 0 Å². The number of aromatic amines is 1. The van der Waals surface area contributed by atoms with E-state index < -0.39 is 71.5 Å². The number of aromatic nitrogens is 2. The van der Waals surface area contributed by atoms with Crippen LogP contribution in [-0.4, -0.2) is 88.5 Å². The molecular formula is C43H45N3O14. The molecule has 1 saturated heterocycles. The van der Waals surface area contributed by atoms with Gasteiger partial charge in [0.2, 0.25) is 5.75 Å². The molecule has 1 amide bonds. The number of fused-ring (bicyclic) bond motifs is 2. The molecule has 1 fully saturated rings. The fourth-order valence-electron chi connectivity index (χ4n) is 7.99. The molecule has 1 aromatic heterocycles. The molecule has 60 heavy (non-hydrogen) atoms. The summed E-state index contributed by atoms with van der Waals surface area (Å²) in [6.45, 7) is 1.24. The fraction of sp³-hybridized carbons (Fsp3) is 0.372. The maximum Gasteiger partial charge on any atom is 0.407 e. The number of nitrogens with one attached hydrogen (secondary N) is 2. The number of methoxy groups -OCH3 is 5. The van der Waals surface area contributed by atoms with Crippen molar-refractivity contribution in [3.63, 3.8) is 0 Å². The number of H-pyrrole nitrogens is 1. The minimum atomic E-state index is -1.25. The molecule has 3 heterocycles. The van der Waals surface area contributed by atoms with Crippen LogP contribution in [0, 0.1) is 18.8 Å². The van der Waals surface area contributed by atoms with Crippen molar-refractivity contribution in [2.75, 3.05) is 48.8 Å². The van der Waals surface area contributed by atoms with E-state index in [1.807, 2.05) is 6.07 Å². The standard InChI is InChI=1S/C43H45N3O14/c1-22-19-46(42(50)45-39(22)47)34-13-12-25(59-34)20-58-43(51)44-29(14-23-10-8-7-9-11-23)40(48)60-37-27-18-31(53-3)30(52-2)17-26(27)35(36-28(37)21-57-41(36)49)24-15-32(54-4)38(56-6)33(16-24)55-5/h7-13,15-19,25,28-29,34-37H,14,20-21H2,1-6H3,(H,44,51)(H,45,47,50)/t25-,28-,29-,34+,35+,36-,37+/m0/s1. The molecule has 0 bridgehead atoms. The lowest BCUT2D eigenvalue weighted by Gasteiger charge is -2.39. The Morgan fingerprint density at radius 1 is 0.867 bits per heavy atom. The van der Waals surface area contributed by atoms with E-state index in [0.29, 0.717) is 51.0 Å². The monoisotopic (exact) mass is 827 g/mol. The predicted molar refractivity (Wildman–Crippen MR) is 212 cm³/mol. The largest absolute Gasteiger partial charge is 0.493 e. The van der Waals surface area contributed by atoms with Gasteiger partial charge in [0.25, 0.3) is 5.56 Å². The summed E-state index contributed by atoms with van der Waals surface area (Å²) >= 11 is 0. The first-order valence-electron chi connectivity index (χ1n) is 19.0. The molecule has 2 aliphatic heterocycles. The van der Waals surface area contributed by atoms with E-state index in [9.17, 15) is 24.0 Å². The number of rotatable bonds is 14. The van der Waals surface area contributed by atoms with E-state index in [1.165, 1.54) is 46.3 Å². The van der Waals surface area contributed by atoms with Crippen LogP contribution in [0.3, 0.4) is 0 Å². The number of cyclic esters (lactones) is 1. The van der Waals surface area contributed by atoms with Crippen molar-refractivity contribution in [2.45, 2.75) is 43.7 Å². The number of ether oxygens (including phenoxy) is 9. The summed E-state index contributed by atoms with van der Waals surface area (Å²) in [5.41, 5.74) is 1.68. The molecule has 17 heteroatoms. The molecule has 1 aliphatic carbocycles. The van der Waals surface area contributed by atoms with Gasteiger partial charge in [0.05, 0.1) is 48.1 Å². The van der Waals surface area contributed by atoms with Gasteiger partial charge in [-0.05, 0) is 54.0 Å². The molecule has 7 atom stereocenters. The van der Waals surface area contributed by atoms with Crippen molar-refractivity contribution in [2.24, 2.45) is 11.8 Å². The Bertz CT molecular complexity index is 2380. The highest BCUT2D eigenvalue weighted by atomic mass is 16.6. The predicted octanol–water partition coefficient (Wildman–Crippen LogP) is 3.90. The third kappa shape index (κ3) is 8.12. The number of esters is 2. The van der Waals surface area contributed by atoms with E-state index >= 15 is 0 Å². The van der Waals surface area contributed by atoms with E-state index in [-0.39, 0.29) is 19.6 Å². The summed E-state index contributed by atoms with van der Waals surface area (Å²) in [7, 11) is 7.47. The number of benzene rings is 3. The maximum atomic E-state index is 14.4. The van der Waals surface area contributed by atoms with Crippen LogP contribution in [0.5, 0.6) is 28.7 Å². The van der Waals surface area contributed by atoms with Gasteiger partial charge in [-0.3, -0.25) is 19.1 Å². The smallest absolute Gasteiger partial charge is 0.407 e. The van der Waals surface area contributed by atoms with Gasteiger partial charge in [-0.2, -0.15) is 0 Å². The number of carbonyl (C=O) groups excluding carboxylic acids is 3. The van der Waals surface area contributed by atoms with Crippen LogP contribution in [0.1, 0.15) is 46.1 Å². The van der Waals surface area contributed by atoms with Crippen LogP contribution in [0.4, 0.5) is 4.79 Å². The summed E-state index contributed by atoms with van der Waals surface area (Å²) in [6, 6.07) is 14.8. The molecule has 3 aliphatic rings. The first kappa shape index (κ1) is 41.4. The highest BCUT2D eigenvalue weighted by Gasteiger charge is 2.54. The van der Waals surface area contributed by atoms with Crippen molar-refractivity contribution >= 4 is 18.0 Å². The van der Waals surface area contributed by atoms with Crippen molar-refractivity contribution in [1.29, 1.82) is 0 Å². The molecular weight excluding hydrogens is 782 g/mol. The van der Waals surface area contributed by atoms with Crippen LogP contribution >= 0.6 is 0 Å². The SMILES string of the molecule is COc1cc2c(cc1OC)[C@@H](OC(=O)[C@H](Cc1ccccc1)NC(=O)OC[C@@H]1C=C[C@H](n3cc(C)c(=O)[nH]c3=O)O1)[C@H]1COC(=O)[C@@H]1[C@@H]2c1cc(OC)c(OC)c(OC)c1. The summed E-state index contributed by atoms with van der Waals surface area (Å²) in [4.78, 5) is 68.0. The van der Waals surface area contributed by atoms with Crippen LogP contribution in [-0.2, 0) is 35.0 Å². The van der Waals surface area contributed by atoms with Crippen molar-refractivity contribution in [3.05, 3.63) is 122 Å². The highest BCUT2D eigenvalue weighted by Crippen LogP contribution is 2.56. The number of hydrogen-bond acceptors (Lipinski definition) is 14. The van der Waals surface area contributed by atoms with Gasteiger partial charge < -0.3 is 47.9 Å². The maximum absolute atomic E-state index is 14.4. The second kappa shape index (κ2) is 17.6. The van der Waals surface area contributed by atoms with Crippen molar-refractivity contribution in [1.82, 2.24) is 14.9 Å². The lowest BCUT2D eigenvalue weighted by atomic mass is 9.66. The zero-order valence-electron chi connectivity index (χ0n) is 33.8. The Kier molecular flexibility index (Phi) is 12.2. The Hall–Kier alpha value is -6.75. The second-order valence-electron chi connectivity index (χ2n) is 14.4. The Morgan fingerprint density at radius 2 is 1.53 bits per heavy atom. The molecule has 0 radical (unpaired) electrons. The van der Waals surface area contributed by atoms with E-state index in [4.69, 9.17) is 42.6 Å². The number of amides is 1. The number of nitrogens with zero attached hydrogens (tertiary/aromatic N) is 1. The molecule has 2 N–H and O–H groups in total. The summed E-state index contributed by atoms with van der Waals surface area (Å²) < 4.78 is 52.9. The van der Waals surface area contributed by atoms with E-state index in [2.05, 4.69) is 10.3 Å². The van der Waals surface area contributed by atoms with Gasteiger partial charge in [-0.1, -0.05) is 36.4 Å². The zero-order valence-corrected chi connectivity index (χ0v) is 33.8. The molecule has 17 nitrogen and oxygen atoms in total. The zero-order chi connectivity index (χ0) is 42.7. The average molecular weight is 828 g/mol. The summed E-state index contributed by atoms with van der Waals surface area (Å²) in [5.74, 6) is -1.57. The summed E-state index contributed by atoms with van der Waals surface area (Å²) in [6.07, 6.45) is 1.10. The summed E-state index contributed by atoms with van der Waals surface area (Å²) in [5, 5.41) is 2.66. The first-order chi connectivity index (χ1) is 29.0. The second-order valence-corrected chi connectivity index (χ2v) is 14.4. The van der Waals surface area contributed by atoms with Crippen LogP contribution in [0.15, 0.2) is 82.5 Å². The minimum absolute atomic E-state index is 0.0360. The van der Waals surface area contributed by atoms with Gasteiger partial charge in [0, 0.05) is 35.6 Å². The van der Waals surface area contributed by atoms with Crippen molar-refractivity contribution in [3.8, 4) is 28.7 Å². The highest BCUT2D eigenvalue weighted by molar-refractivity contribution is 5.83. The topological polar surface area (TPSA) is 201 Å². The first-order valence-corrected chi connectivity index (χ1v) is 19.0. The van der Waals surface area contributed by atoms with Gasteiger partial charge >= 0.3 is 23.7 Å². The molecule has 4 aromatic rings. The third-order valence-corrected chi connectivity index (χ3v) is 10.9. The Morgan fingerprint density at radius 3 is 2.18 bits per heavy atom. The van der Waals surface area contributed by atoms with E-state index in [1.54, 1.807) is 67.6 Å². The number of hydrogen-bond donors (Lipinski definition) is 2. The molecule has 316 valence electrons. The van der Waals surface area contributed by atoms with Crippen molar-refractivity contribution < 1.29 is 57.0 Å². The van der Waals surface area contributed by atoms with Crippen LogP contribution in [0.2, 0.25) is 0 Å². The molecule has 3 aromatic carbocycles. The van der Waals surface area contributed by atoms with Crippen LogP contribution < -0.4 is 40.3 Å². The minimum Gasteiger partial charge on any atom is -0.493 e. The normalized spacial score (nSPS) is 21.8.